The van der Waals surface area contributed by atoms with Gasteiger partial charge < -0.3 is 10.4 Å². The number of hydrogen-bond acceptors (Lipinski definition) is 3. The molecular weight excluding hydrogens is 278 g/mol. The molecular formula is C15H14F2N2O2. The number of nitrogens with one attached hydrogen (secondary N) is 1. The van der Waals surface area contributed by atoms with Gasteiger partial charge in [-0.15, -0.1) is 0 Å². The molecule has 110 valence electrons. The van der Waals surface area contributed by atoms with Crippen molar-refractivity contribution in [2.24, 2.45) is 0 Å². The van der Waals surface area contributed by atoms with Crippen LogP contribution in [0.25, 0.3) is 0 Å². The molecule has 6 heteroatoms. The van der Waals surface area contributed by atoms with E-state index in [1.165, 1.54) is 19.3 Å². The molecule has 21 heavy (non-hydrogen) atoms. The first-order valence-corrected chi connectivity index (χ1v) is 6.26. The van der Waals surface area contributed by atoms with E-state index in [-0.39, 0.29) is 12.1 Å². The van der Waals surface area contributed by atoms with E-state index in [2.05, 4.69) is 10.3 Å². The predicted molar refractivity (Wildman–Crippen MR) is 72.5 cm³/mol. The van der Waals surface area contributed by atoms with Gasteiger partial charge in [0.15, 0.2) is 0 Å². The maximum atomic E-state index is 13.7. The third-order valence-corrected chi connectivity index (χ3v) is 3.03. The van der Waals surface area contributed by atoms with Crippen LogP contribution in [-0.2, 0) is 5.60 Å². The van der Waals surface area contributed by atoms with Crippen molar-refractivity contribution in [2.75, 3.05) is 6.54 Å². The Labute approximate surface area is 120 Å². The minimum Gasteiger partial charge on any atom is -0.383 e. The van der Waals surface area contributed by atoms with Crippen molar-refractivity contribution >= 4 is 5.91 Å². The van der Waals surface area contributed by atoms with E-state index in [0.29, 0.717) is 11.6 Å². The van der Waals surface area contributed by atoms with E-state index in [1.807, 2.05) is 0 Å². The number of rotatable bonds is 4. The molecule has 0 aliphatic rings. The highest BCUT2D eigenvalue weighted by Gasteiger charge is 2.27. The molecule has 1 amide bonds. The third-order valence-electron chi connectivity index (χ3n) is 3.03. The van der Waals surface area contributed by atoms with Crippen LogP contribution in [0.3, 0.4) is 0 Å². The molecule has 2 aromatic rings. The van der Waals surface area contributed by atoms with Crippen LogP contribution < -0.4 is 5.32 Å². The molecule has 2 N–H and O–H groups in total. The average Bonchev–Trinajstić information content (AvgIpc) is 2.45. The molecule has 1 atom stereocenters. The van der Waals surface area contributed by atoms with Gasteiger partial charge in [-0.05, 0) is 25.1 Å². The van der Waals surface area contributed by atoms with Crippen LogP contribution in [0.2, 0.25) is 0 Å². The molecule has 0 saturated heterocycles. The minimum atomic E-state index is -1.66. The highest BCUT2D eigenvalue weighted by atomic mass is 19.1. The van der Waals surface area contributed by atoms with E-state index in [1.54, 1.807) is 12.1 Å². The molecule has 0 aliphatic heterocycles. The van der Waals surface area contributed by atoms with E-state index in [0.717, 1.165) is 12.1 Å². The average molecular weight is 292 g/mol. The number of pyridine rings is 1. The first-order chi connectivity index (χ1) is 9.90. The van der Waals surface area contributed by atoms with Crippen molar-refractivity contribution in [3.63, 3.8) is 0 Å². The van der Waals surface area contributed by atoms with Gasteiger partial charge in [-0.1, -0.05) is 6.07 Å². The van der Waals surface area contributed by atoms with Crippen LogP contribution >= 0.6 is 0 Å². The number of nitrogens with zero attached hydrogens (tertiary/aromatic N) is 1. The summed E-state index contributed by atoms with van der Waals surface area (Å²) in [5, 5.41) is 12.8. The van der Waals surface area contributed by atoms with Gasteiger partial charge in [-0.25, -0.2) is 8.78 Å². The SMILES string of the molecule is CC(O)(CNC(=O)c1cccnc1)c1ccc(F)cc1F. The lowest BCUT2D eigenvalue weighted by molar-refractivity contribution is 0.0494. The van der Waals surface area contributed by atoms with Crippen LogP contribution in [0, 0.1) is 11.6 Å². The fourth-order valence-electron chi connectivity index (χ4n) is 1.87. The van der Waals surface area contributed by atoms with Gasteiger partial charge >= 0.3 is 0 Å². The van der Waals surface area contributed by atoms with E-state index >= 15 is 0 Å². The molecule has 1 aromatic heterocycles. The smallest absolute Gasteiger partial charge is 0.252 e. The van der Waals surface area contributed by atoms with Crippen LogP contribution in [0.4, 0.5) is 8.78 Å². The Morgan fingerprint density at radius 3 is 2.76 bits per heavy atom. The van der Waals surface area contributed by atoms with Crippen molar-refractivity contribution in [1.82, 2.24) is 10.3 Å². The Hall–Kier alpha value is -2.34. The van der Waals surface area contributed by atoms with Gasteiger partial charge in [0.25, 0.3) is 5.91 Å². The number of aromatic nitrogens is 1. The number of amides is 1. The Bertz CT molecular complexity index is 645. The predicted octanol–water partition coefficient (Wildman–Crippen LogP) is 2.00. The molecule has 0 radical (unpaired) electrons. The molecule has 1 unspecified atom stereocenters. The van der Waals surface area contributed by atoms with Gasteiger partial charge in [-0.2, -0.15) is 0 Å². The summed E-state index contributed by atoms with van der Waals surface area (Å²) in [6.07, 6.45) is 2.91. The van der Waals surface area contributed by atoms with E-state index in [9.17, 15) is 18.7 Å². The van der Waals surface area contributed by atoms with Gasteiger partial charge in [0.05, 0.1) is 12.1 Å². The van der Waals surface area contributed by atoms with Crippen molar-refractivity contribution < 1.29 is 18.7 Å². The van der Waals surface area contributed by atoms with Crippen LogP contribution in [0.1, 0.15) is 22.8 Å². The lowest BCUT2D eigenvalue weighted by Crippen LogP contribution is -2.39. The molecule has 2 rings (SSSR count). The van der Waals surface area contributed by atoms with Gasteiger partial charge in [0.2, 0.25) is 0 Å². The largest absolute Gasteiger partial charge is 0.383 e. The molecule has 0 saturated carbocycles. The van der Waals surface area contributed by atoms with Crippen LogP contribution in [0.5, 0.6) is 0 Å². The highest BCUT2D eigenvalue weighted by Crippen LogP contribution is 2.23. The van der Waals surface area contributed by atoms with Gasteiger partial charge in [0, 0.05) is 24.0 Å². The fraction of sp³-hybridized carbons (Fsp3) is 0.200. The van der Waals surface area contributed by atoms with Crippen molar-refractivity contribution in [3.8, 4) is 0 Å². The molecule has 0 bridgehead atoms. The number of benzene rings is 1. The molecule has 1 aromatic carbocycles. The fourth-order valence-corrected chi connectivity index (χ4v) is 1.87. The summed E-state index contributed by atoms with van der Waals surface area (Å²) < 4.78 is 26.5. The summed E-state index contributed by atoms with van der Waals surface area (Å²) >= 11 is 0. The summed E-state index contributed by atoms with van der Waals surface area (Å²) in [6.45, 7) is 1.12. The molecule has 0 spiro atoms. The van der Waals surface area contributed by atoms with Gasteiger partial charge in [0.1, 0.15) is 17.2 Å². The second kappa shape index (κ2) is 5.97. The van der Waals surface area contributed by atoms with Gasteiger partial charge in [-0.3, -0.25) is 9.78 Å². The summed E-state index contributed by atoms with van der Waals surface area (Å²) in [5.74, 6) is -2.03. The number of carbonyl (C=O) groups is 1. The quantitative estimate of drug-likeness (QED) is 0.906. The third kappa shape index (κ3) is 3.61. The first kappa shape index (κ1) is 15.1. The topological polar surface area (TPSA) is 62.2 Å². The number of aliphatic hydroxyl groups is 1. The lowest BCUT2D eigenvalue weighted by Gasteiger charge is -2.24. The number of carbonyl (C=O) groups excluding carboxylic acids is 1. The minimum absolute atomic E-state index is 0.0876. The Morgan fingerprint density at radius 2 is 2.14 bits per heavy atom. The van der Waals surface area contributed by atoms with Crippen LogP contribution in [-0.4, -0.2) is 22.5 Å². The van der Waals surface area contributed by atoms with E-state index in [4.69, 9.17) is 0 Å². The molecule has 0 fully saturated rings. The second-order valence-electron chi connectivity index (χ2n) is 4.82. The summed E-state index contributed by atoms with van der Waals surface area (Å²) in [5.41, 5.74) is -1.42. The number of halogens is 2. The zero-order chi connectivity index (χ0) is 15.5. The summed E-state index contributed by atoms with van der Waals surface area (Å²) in [7, 11) is 0. The maximum Gasteiger partial charge on any atom is 0.252 e. The number of hydrogen-bond donors (Lipinski definition) is 2. The van der Waals surface area contributed by atoms with Crippen LogP contribution in [0.15, 0.2) is 42.7 Å². The van der Waals surface area contributed by atoms with Crippen molar-refractivity contribution in [2.45, 2.75) is 12.5 Å². The second-order valence-corrected chi connectivity index (χ2v) is 4.82. The standard InChI is InChI=1S/C15H14F2N2O2/c1-15(21,12-5-4-11(16)7-13(12)17)9-19-14(20)10-3-2-6-18-8-10/h2-8,21H,9H2,1H3,(H,19,20). The Morgan fingerprint density at radius 1 is 1.38 bits per heavy atom. The maximum absolute atomic E-state index is 13.7. The normalized spacial score (nSPS) is 13.5. The lowest BCUT2D eigenvalue weighted by atomic mass is 9.95. The molecule has 0 aliphatic carbocycles. The first-order valence-electron chi connectivity index (χ1n) is 6.26. The monoisotopic (exact) mass is 292 g/mol. The van der Waals surface area contributed by atoms with Crippen molar-refractivity contribution in [3.05, 3.63) is 65.5 Å². The zero-order valence-corrected chi connectivity index (χ0v) is 11.3. The highest BCUT2D eigenvalue weighted by molar-refractivity contribution is 5.93. The summed E-state index contributed by atoms with van der Waals surface area (Å²) in [6, 6.07) is 6.06. The Kier molecular flexibility index (Phi) is 4.28. The summed E-state index contributed by atoms with van der Waals surface area (Å²) in [4.78, 5) is 15.7. The van der Waals surface area contributed by atoms with Crippen molar-refractivity contribution in [1.29, 1.82) is 0 Å². The van der Waals surface area contributed by atoms with E-state index < -0.39 is 23.1 Å². The Balaban J connectivity index is 2.09. The molecule has 1 heterocycles. The zero-order valence-electron chi connectivity index (χ0n) is 11.3. The molecule has 4 nitrogen and oxygen atoms in total.